The SMILES string of the molecule is O=c1c2cccc(O)c2ncn1Cc1nc2ccccc2[nH]1. The maximum absolute atomic E-state index is 12.5. The van der Waals surface area contributed by atoms with Gasteiger partial charge in [0.25, 0.3) is 5.56 Å². The first kappa shape index (κ1) is 12.6. The average Bonchev–Trinajstić information content (AvgIpc) is 2.93. The fraction of sp³-hybridized carbons (Fsp3) is 0.0625. The molecule has 0 spiro atoms. The number of phenols is 1. The van der Waals surface area contributed by atoms with Crippen molar-refractivity contribution in [3.05, 3.63) is 65.0 Å². The molecule has 0 fully saturated rings. The van der Waals surface area contributed by atoms with Gasteiger partial charge in [-0.05, 0) is 24.3 Å². The molecule has 6 nitrogen and oxygen atoms in total. The van der Waals surface area contributed by atoms with Crippen LogP contribution in [-0.4, -0.2) is 24.6 Å². The molecule has 2 heterocycles. The minimum atomic E-state index is -0.207. The first-order valence-electron chi connectivity index (χ1n) is 6.83. The molecule has 0 saturated carbocycles. The number of benzene rings is 2. The molecule has 2 N–H and O–H groups in total. The molecule has 0 bridgehead atoms. The maximum Gasteiger partial charge on any atom is 0.261 e. The highest BCUT2D eigenvalue weighted by Crippen LogP contribution is 2.18. The molecular weight excluding hydrogens is 280 g/mol. The standard InChI is InChI=1S/C16H12N4O2/c21-13-7-3-4-10-15(13)17-9-20(16(10)22)8-14-18-11-5-1-2-6-12(11)19-14/h1-7,9,21H,8H2,(H,18,19). The molecule has 0 amide bonds. The van der Waals surface area contributed by atoms with E-state index in [1.807, 2.05) is 24.3 Å². The van der Waals surface area contributed by atoms with E-state index in [0.717, 1.165) is 11.0 Å². The molecule has 0 unspecified atom stereocenters. The molecule has 0 radical (unpaired) electrons. The second kappa shape index (κ2) is 4.70. The monoisotopic (exact) mass is 292 g/mol. The summed E-state index contributed by atoms with van der Waals surface area (Å²) >= 11 is 0. The van der Waals surface area contributed by atoms with Crippen LogP contribution in [0, 0.1) is 0 Å². The van der Waals surface area contributed by atoms with Gasteiger partial charge in [-0.25, -0.2) is 9.97 Å². The van der Waals surface area contributed by atoms with Crippen molar-refractivity contribution in [3.8, 4) is 5.75 Å². The Balaban J connectivity index is 1.81. The molecule has 4 rings (SSSR count). The molecule has 2 aromatic carbocycles. The summed E-state index contributed by atoms with van der Waals surface area (Å²) in [6, 6.07) is 12.5. The Morgan fingerprint density at radius 2 is 2.00 bits per heavy atom. The van der Waals surface area contributed by atoms with Gasteiger partial charge in [0.1, 0.15) is 17.1 Å². The highest BCUT2D eigenvalue weighted by molar-refractivity contribution is 5.83. The third-order valence-corrected chi connectivity index (χ3v) is 3.59. The molecule has 0 saturated heterocycles. The first-order valence-corrected chi connectivity index (χ1v) is 6.83. The molecule has 2 aromatic heterocycles. The predicted molar refractivity (Wildman–Crippen MR) is 82.9 cm³/mol. The molecule has 108 valence electrons. The molecule has 6 heteroatoms. The summed E-state index contributed by atoms with van der Waals surface area (Å²) in [5, 5.41) is 10.1. The lowest BCUT2D eigenvalue weighted by atomic mass is 10.2. The van der Waals surface area contributed by atoms with Gasteiger partial charge in [0.05, 0.1) is 29.3 Å². The van der Waals surface area contributed by atoms with Gasteiger partial charge in [-0.2, -0.15) is 0 Å². The van der Waals surface area contributed by atoms with Gasteiger partial charge in [0, 0.05) is 0 Å². The van der Waals surface area contributed by atoms with E-state index < -0.39 is 0 Å². The largest absolute Gasteiger partial charge is 0.506 e. The minimum absolute atomic E-state index is 0.00508. The zero-order valence-electron chi connectivity index (χ0n) is 11.5. The number of fused-ring (bicyclic) bond motifs is 2. The van der Waals surface area contributed by atoms with E-state index in [9.17, 15) is 9.90 Å². The fourth-order valence-electron chi connectivity index (χ4n) is 2.53. The normalized spacial score (nSPS) is 11.3. The first-order chi connectivity index (χ1) is 10.7. The van der Waals surface area contributed by atoms with Gasteiger partial charge in [-0.15, -0.1) is 0 Å². The van der Waals surface area contributed by atoms with Gasteiger partial charge in [0.2, 0.25) is 0 Å². The van der Waals surface area contributed by atoms with Gasteiger partial charge in [0.15, 0.2) is 0 Å². The molecule has 0 atom stereocenters. The summed E-state index contributed by atoms with van der Waals surface area (Å²) in [4.78, 5) is 24.3. The topological polar surface area (TPSA) is 83.8 Å². The molecule has 22 heavy (non-hydrogen) atoms. The zero-order chi connectivity index (χ0) is 15.1. The van der Waals surface area contributed by atoms with Crippen molar-refractivity contribution in [2.24, 2.45) is 0 Å². The van der Waals surface area contributed by atoms with Gasteiger partial charge < -0.3 is 10.1 Å². The second-order valence-electron chi connectivity index (χ2n) is 5.05. The summed E-state index contributed by atoms with van der Waals surface area (Å²) < 4.78 is 1.47. The number of aromatic hydroxyl groups is 1. The Bertz CT molecular complexity index is 1020. The smallest absolute Gasteiger partial charge is 0.261 e. The van der Waals surface area contributed by atoms with Crippen LogP contribution in [0.1, 0.15) is 5.82 Å². The summed E-state index contributed by atoms with van der Waals surface area (Å²) in [5.41, 5.74) is 1.89. The molecule has 0 aliphatic carbocycles. The van der Waals surface area contributed by atoms with E-state index in [1.54, 1.807) is 12.1 Å². The number of hydrogen-bond acceptors (Lipinski definition) is 4. The zero-order valence-corrected chi connectivity index (χ0v) is 11.5. The van der Waals surface area contributed by atoms with Crippen molar-refractivity contribution in [3.63, 3.8) is 0 Å². The highest BCUT2D eigenvalue weighted by atomic mass is 16.3. The highest BCUT2D eigenvalue weighted by Gasteiger charge is 2.09. The van der Waals surface area contributed by atoms with Crippen LogP contribution in [0.4, 0.5) is 0 Å². The average molecular weight is 292 g/mol. The van der Waals surface area contributed by atoms with Crippen LogP contribution in [0.5, 0.6) is 5.75 Å². The number of nitrogens with one attached hydrogen (secondary N) is 1. The van der Waals surface area contributed by atoms with E-state index in [4.69, 9.17) is 0 Å². The second-order valence-corrected chi connectivity index (χ2v) is 5.05. The van der Waals surface area contributed by atoms with Crippen molar-refractivity contribution in [1.29, 1.82) is 0 Å². The molecular formula is C16H12N4O2. The van der Waals surface area contributed by atoms with Crippen LogP contribution in [0.2, 0.25) is 0 Å². The van der Waals surface area contributed by atoms with Crippen LogP contribution < -0.4 is 5.56 Å². The number of rotatable bonds is 2. The number of imidazole rings is 1. The van der Waals surface area contributed by atoms with Crippen molar-refractivity contribution >= 4 is 21.9 Å². The van der Waals surface area contributed by atoms with E-state index in [1.165, 1.54) is 17.0 Å². The number of aromatic amines is 1. The molecule has 4 aromatic rings. The fourth-order valence-corrected chi connectivity index (χ4v) is 2.53. The van der Waals surface area contributed by atoms with Crippen molar-refractivity contribution < 1.29 is 5.11 Å². The minimum Gasteiger partial charge on any atom is -0.506 e. The Morgan fingerprint density at radius 1 is 1.14 bits per heavy atom. The summed E-state index contributed by atoms with van der Waals surface area (Å²) in [6.07, 6.45) is 1.43. The quantitative estimate of drug-likeness (QED) is 0.592. The van der Waals surface area contributed by atoms with Crippen molar-refractivity contribution in [2.45, 2.75) is 6.54 Å². The maximum atomic E-state index is 12.5. The van der Waals surface area contributed by atoms with Crippen molar-refractivity contribution in [1.82, 2.24) is 19.5 Å². The Labute approximate surface area is 124 Å². The predicted octanol–water partition coefficient (Wildman–Crippen LogP) is 2.03. The molecule has 0 aliphatic rings. The Kier molecular flexibility index (Phi) is 2.69. The Morgan fingerprint density at radius 3 is 2.86 bits per heavy atom. The van der Waals surface area contributed by atoms with E-state index in [2.05, 4.69) is 15.0 Å². The summed E-state index contributed by atoms with van der Waals surface area (Å²) in [7, 11) is 0. The van der Waals surface area contributed by atoms with Crippen LogP contribution in [-0.2, 0) is 6.54 Å². The molecule has 0 aliphatic heterocycles. The van der Waals surface area contributed by atoms with Crippen LogP contribution in [0.3, 0.4) is 0 Å². The lowest BCUT2D eigenvalue weighted by Gasteiger charge is -2.05. The lowest BCUT2D eigenvalue weighted by Crippen LogP contribution is -2.21. The summed E-state index contributed by atoms with van der Waals surface area (Å²) in [6.45, 7) is 0.298. The number of H-pyrrole nitrogens is 1. The lowest BCUT2D eigenvalue weighted by molar-refractivity contribution is 0.480. The van der Waals surface area contributed by atoms with E-state index in [-0.39, 0.29) is 11.3 Å². The number of aromatic nitrogens is 4. The van der Waals surface area contributed by atoms with Crippen LogP contribution in [0.15, 0.2) is 53.6 Å². The number of nitrogens with zero attached hydrogens (tertiary/aromatic N) is 3. The van der Waals surface area contributed by atoms with Gasteiger partial charge in [-0.1, -0.05) is 18.2 Å². The third-order valence-electron chi connectivity index (χ3n) is 3.59. The van der Waals surface area contributed by atoms with Gasteiger partial charge in [-0.3, -0.25) is 9.36 Å². The van der Waals surface area contributed by atoms with Gasteiger partial charge >= 0.3 is 0 Å². The summed E-state index contributed by atoms with van der Waals surface area (Å²) in [5.74, 6) is 0.690. The van der Waals surface area contributed by atoms with Crippen LogP contribution in [0.25, 0.3) is 21.9 Å². The number of phenolic OH excluding ortho intramolecular Hbond substituents is 1. The number of hydrogen-bond donors (Lipinski definition) is 2. The Hall–Kier alpha value is -3.15. The van der Waals surface area contributed by atoms with E-state index >= 15 is 0 Å². The third kappa shape index (κ3) is 1.93. The van der Waals surface area contributed by atoms with E-state index in [0.29, 0.717) is 23.3 Å². The van der Waals surface area contributed by atoms with Crippen molar-refractivity contribution in [2.75, 3.05) is 0 Å². The number of para-hydroxylation sites is 3. The van der Waals surface area contributed by atoms with Crippen LogP contribution >= 0.6 is 0 Å².